The van der Waals surface area contributed by atoms with Crippen LogP contribution in [0.2, 0.25) is 0 Å². The minimum Gasteiger partial charge on any atom is -0.497 e. The number of aromatic amines is 1. The molecule has 4 aromatic rings. The zero-order chi connectivity index (χ0) is 27.1. The van der Waals surface area contributed by atoms with E-state index >= 15 is 4.39 Å². The number of ether oxygens (including phenoxy) is 1. The van der Waals surface area contributed by atoms with Crippen LogP contribution in [0.3, 0.4) is 0 Å². The summed E-state index contributed by atoms with van der Waals surface area (Å²) in [5, 5.41) is 22.5. The summed E-state index contributed by atoms with van der Waals surface area (Å²) < 4.78 is 21.6. The molecule has 13 heteroatoms. The number of rotatable bonds is 7. The maximum absolute atomic E-state index is 15.3. The van der Waals surface area contributed by atoms with Gasteiger partial charge in [-0.2, -0.15) is 0 Å². The van der Waals surface area contributed by atoms with Gasteiger partial charge in [0.05, 0.1) is 7.11 Å². The number of aryl methyl sites for hydroxylation is 1. The number of H-pyrrole nitrogens is 1. The molecule has 0 saturated heterocycles. The molecule has 0 aliphatic carbocycles. The van der Waals surface area contributed by atoms with Gasteiger partial charge in [-0.15, -0.1) is 9.78 Å². The monoisotopic (exact) mass is 508 g/mol. The molecule has 4 rings (SSSR count). The lowest BCUT2D eigenvalue weighted by molar-refractivity contribution is -0.134. The van der Waals surface area contributed by atoms with Crippen molar-refractivity contribution < 1.29 is 19.0 Å². The Hall–Kier alpha value is -5.07. The molecular weight excluding hydrogens is 483 g/mol. The van der Waals surface area contributed by atoms with Crippen molar-refractivity contribution in [3.05, 3.63) is 93.7 Å². The molecule has 2 aromatic carbocycles. The Kier molecular flexibility index (Phi) is 8.30. The topological polar surface area (TPSA) is 185 Å². The van der Waals surface area contributed by atoms with Crippen molar-refractivity contribution in [1.82, 2.24) is 24.7 Å². The first kappa shape index (κ1) is 26.5. The number of hydrogen-bond acceptors (Lipinski definition) is 8. The molecule has 0 spiro atoms. The second kappa shape index (κ2) is 11.6. The molecule has 1 atom stereocenters. The van der Waals surface area contributed by atoms with E-state index in [9.17, 15) is 4.79 Å². The second-order valence-electron chi connectivity index (χ2n) is 7.71. The van der Waals surface area contributed by atoms with Crippen LogP contribution in [0, 0.1) is 18.2 Å². The standard InChI is InChI=1S/C22H21FN8O2.C2H4O2/c1-12-10-15(33-2)11-16(17(12)23)18(28-14-6-4-13(5-7-14)19(24)25)20-29-22(32)31(30-20)21-26-8-3-9-27-21;1-2(3)4/h3-11,18,28H,1-2H3,(H3,24,25)(H,29,30,32);1H3,(H,3,4). The molecule has 2 heterocycles. The maximum Gasteiger partial charge on any atom is 0.350 e. The van der Waals surface area contributed by atoms with Crippen LogP contribution in [0.4, 0.5) is 10.1 Å². The van der Waals surface area contributed by atoms with Crippen molar-refractivity contribution in [2.45, 2.75) is 19.9 Å². The van der Waals surface area contributed by atoms with Crippen LogP contribution in [-0.2, 0) is 4.79 Å². The quantitative estimate of drug-likeness (QED) is 0.185. The van der Waals surface area contributed by atoms with E-state index in [-0.39, 0.29) is 23.2 Å². The highest BCUT2D eigenvalue weighted by molar-refractivity contribution is 5.95. The number of nitrogens with zero attached hydrogens (tertiary/aromatic N) is 4. The number of halogens is 1. The molecular formula is C24H25FN8O4. The van der Waals surface area contributed by atoms with Crippen LogP contribution >= 0.6 is 0 Å². The van der Waals surface area contributed by atoms with Crippen molar-refractivity contribution >= 4 is 17.5 Å². The summed E-state index contributed by atoms with van der Waals surface area (Å²) >= 11 is 0. The summed E-state index contributed by atoms with van der Waals surface area (Å²) in [6.45, 7) is 2.71. The van der Waals surface area contributed by atoms with Crippen LogP contribution in [0.15, 0.2) is 59.7 Å². The van der Waals surface area contributed by atoms with Crippen LogP contribution in [-0.4, -0.2) is 48.8 Å². The van der Waals surface area contributed by atoms with Gasteiger partial charge in [-0.3, -0.25) is 15.2 Å². The molecule has 1 unspecified atom stereocenters. The van der Waals surface area contributed by atoms with Crippen molar-refractivity contribution in [3.63, 3.8) is 0 Å². The molecule has 0 saturated carbocycles. The Morgan fingerprint density at radius 3 is 2.43 bits per heavy atom. The van der Waals surface area contributed by atoms with Gasteiger partial charge in [-0.25, -0.2) is 19.2 Å². The van der Waals surface area contributed by atoms with Crippen LogP contribution in [0.5, 0.6) is 5.75 Å². The summed E-state index contributed by atoms with van der Waals surface area (Å²) in [4.78, 5) is 32.4. The minimum absolute atomic E-state index is 0.0708. The Balaban J connectivity index is 0.000000886. The molecule has 0 aliphatic rings. The number of hydrogen-bond donors (Lipinski definition) is 5. The van der Waals surface area contributed by atoms with Gasteiger partial charge in [-0.1, -0.05) is 0 Å². The number of carboxylic acids is 1. The van der Waals surface area contributed by atoms with Crippen LogP contribution in [0.1, 0.15) is 35.5 Å². The number of nitrogen functional groups attached to an aromatic ring is 1. The summed E-state index contributed by atoms with van der Waals surface area (Å²) in [5.41, 5.74) is 6.68. The van der Waals surface area contributed by atoms with E-state index in [1.54, 1.807) is 49.4 Å². The molecule has 37 heavy (non-hydrogen) atoms. The number of amidine groups is 1. The third-order valence-electron chi connectivity index (χ3n) is 4.96. The lowest BCUT2D eigenvalue weighted by Crippen LogP contribution is -2.18. The van der Waals surface area contributed by atoms with E-state index in [1.807, 2.05) is 0 Å². The third-order valence-corrected chi connectivity index (χ3v) is 4.96. The maximum atomic E-state index is 15.3. The Morgan fingerprint density at radius 2 is 1.86 bits per heavy atom. The zero-order valence-corrected chi connectivity index (χ0v) is 20.2. The lowest BCUT2D eigenvalue weighted by atomic mass is 10.0. The predicted molar refractivity (Wildman–Crippen MR) is 134 cm³/mol. The summed E-state index contributed by atoms with van der Waals surface area (Å²) in [7, 11) is 1.49. The predicted octanol–water partition coefficient (Wildman–Crippen LogP) is 2.38. The molecule has 2 aromatic heterocycles. The van der Waals surface area contributed by atoms with E-state index in [0.717, 1.165) is 11.6 Å². The van der Waals surface area contributed by atoms with E-state index in [0.29, 0.717) is 22.6 Å². The number of carboxylic acid groups (broad SMARTS) is 1. The molecule has 192 valence electrons. The summed E-state index contributed by atoms with van der Waals surface area (Å²) in [6.07, 6.45) is 2.97. The first-order valence-electron chi connectivity index (χ1n) is 10.8. The number of benzene rings is 2. The van der Waals surface area contributed by atoms with Gasteiger partial charge >= 0.3 is 5.69 Å². The Morgan fingerprint density at radius 1 is 1.24 bits per heavy atom. The smallest absolute Gasteiger partial charge is 0.350 e. The Labute approximate surface area is 210 Å². The number of aromatic nitrogens is 5. The Bertz CT molecular complexity index is 1450. The third kappa shape index (κ3) is 6.54. The lowest BCUT2D eigenvalue weighted by Gasteiger charge is -2.20. The van der Waals surface area contributed by atoms with Crippen molar-refractivity contribution in [2.24, 2.45) is 5.73 Å². The van der Waals surface area contributed by atoms with E-state index in [2.05, 4.69) is 25.4 Å². The molecule has 0 fully saturated rings. The molecule has 0 radical (unpaired) electrons. The van der Waals surface area contributed by atoms with Gasteiger partial charge in [0, 0.05) is 36.1 Å². The van der Waals surface area contributed by atoms with Crippen LogP contribution in [0.25, 0.3) is 5.95 Å². The number of methoxy groups -OCH3 is 1. The first-order chi connectivity index (χ1) is 17.6. The zero-order valence-electron chi connectivity index (χ0n) is 20.2. The van der Waals surface area contributed by atoms with Crippen molar-refractivity contribution in [3.8, 4) is 11.7 Å². The molecule has 6 N–H and O–H groups in total. The number of anilines is 1. The SMILES string of the molecule is CC(=O)O.COc1cc(C)c(F)c(C(Nc2ccc(C(=N)N)cc2)c2nn(-c3ncccn3)c(=O)[nH]2)c1. The van der Waals surface area contributed by atoms with Crippen LogP contribution < -0.4 is 21.5 Å². The second-order valence-corrected chi connectivity index (χ2v) is 7.71. The van der Waals surface area contributed by atoms with Gasteiger partial charge in [-0.05, 0) is 55.0 Å². The largest absolute Gasteiger partial charge is 0.497 e. The summed E-state index contributed by atoms with van der Waals surface area (Å²) in [5.74, 6) is -0.694. The van der Waals surface area contributed by atoms with Crippen molar-refractivity contribution in [2.75, 3.05) is 12.4 Å². The van der Waals surface area contributed by atoms with E-state index in [4.69, 9.17) is 25.8 Å². The normalized spacial score (nSPS) is 11.1. The van der Waals surface area contributed by atoms with Gasteiger partial charge in [0.1, 0.15) is 23.4 Å². The average Bonchev–Trinajstić information content (AvgIpc) is 3.26. The average molecular weight is 509 g/mol. The van der Waals surface area contributed by atoms with Crippen molar-refractivity contribution in [1.29, 1.82) is 5.41 Å². The molecule has 12 nitrogen and oxygen atoms in total. The van der Waals surface area contributed by atoms with Gasteiger partial charge < -0.3 is 20.9 Å². The number of carbonyl (C=O) groups is 1. The molecule has 0 amide bonds. The highest BCUT2D eigenvalue weighted by Gasteiger charge is 2.25. The fourth-order valence-corrected chi connectivity index (χ4v) is 3.30. The molecule has 0 aliphatic heterocycles. The number of aliphatic carboxylic acids is 1. The fraction of sp³-hybridized carbons (Fsp3) is 0.167. The number of nitrogens with one attached hydrogen (secondary N) is 3. The van der Waals surface area contributed by atoms with Gasteiger partial charge in [0.25, 0.3) is 11.9 Å². The summed E-state index contributed by atoms with van der Waals surface area (Å²) in [6, 6.07) is 10.6. The fourth-order valence-electron chi connectivity index (χ4n) is 3.30. The molecule has 0 bridgehead atoms. The first-order valence-corrected chi connectivity index (χ1v) is 10.8. The minimum atomic E-state index is -0.889. The highest BCUT2D eigenvalue weighted by Crippen LogP contribution is 2.31. The highest BCUT2D eigenvalue weighted by atomic mass is 19.1. The van der Waals surface area contributed by atoms with E-state index in [1.165, 1.54) is 19.5 Å². The van der Waals surface area contributed by atoms with Gasteiger partial charge in [0.15, 0.2) is 5.82 Å². The van der Waals surface area contributed by atoms with Gasteiger partial charge in [0.2, 0.25) is 0 Å². The number of nitrogens with two attached hydrogens (primary N) is 1. The van der Waals surface area contributed by atoms with E-state index < -0.39 is 23.5 Å².